The van der Waals surface area contributed by atoms with Crippen LogP contribution in [0.15, 0.2) is 66.7 Å². The number of para-hydroxylation sites is 3. The second kappa shape index (κ2) is 5.83. The Balaban J connectivity index is 1.91. The summed E-state index contributed by atoms with van der Waals surface area (Å²) < 4.78 is 8.00. The Morgan fingerprint density at radius 2 is 1.81 bits per heavy atom. The maximum absolute atomic E-state index is 5.83. The summed E-state index contributed by atoms with van der Waals surface area (Å²) in [6.07, 6.45) is 0. The predicted octanol–water partition coefficient (Wildman–Crippen LogP) is 4.19. The largest absolute Gasteiger partial charge is 0.486 e. The Bertz CT molecular complexity index is 759. The fourth-order valence-electron chi connectivity index (χ4n) is 2.35. The number of fused-ring (bicyclic) bond motifs is 1. The number of aromatic nitrogens is 2. The molecule has 1 heterocycles. The molecular formula is C18H18N2O. The topological polar surface area (TPSA) is 27.1 Å². The van der Waals surface area contributed by atoms with Crippen molar-refractivity contribution in [1.29, 1.82) is 0 Å². The number of allylic oxidation sites excluding steroid dienone is 1. The molecule has 3 heteroatoms. The van der Waals surface area contributed by atoms with E-state index in [1.54, 1.807) is 0 Å². The van der Waals surface area contributed by atoms with Crippen LogP contribution in [0.4, 0.5) is 0 Å². The van der Waals surface area contributed by atoms with Crippen LogP contribution in [-0.2, 0) is 13.2 Å². The van der Waals surface area contributed by atoms with Gasteiger partial charge in [-0.15, -0.1) is 0 Å². The maximum Gasteiger partial charge on any atom is 0.148 e. The first-order valence-electron chi connectivity index (χ1n) is 7.00. The monoisotopic (exact) mass is 278 g/mol. The lowest BCUT2D eigenvalue weighted by Crippen LogP contribution is -2.08. The Morgan fingerprint density at radius 1 is 1.10 bits per heavy atom. The van der Waals surface area contributed by atoms with Gasteiger partial charge in [0.05, 0.1) is 11.0 Å². The molecule has 0 atom stereocenters. The van der Waals surface area contributed by atoms with Gasteiger partial charge in [0, 0.05) is 6.54 Å². The van der Waals surface area contributed by atoms with Crippen LogP contribution in [0, 0.1) is 0 Å². The first kappa shape index (κ1) is 13.4. The molecule has 0 radical (unpaired) electrons. The van der Waals surface area contributed by atoms with Gasteiger partial charge in [-0.1, -0.05) is 42.5 Å². The molecule has 0 fully saturated rings. The number of hydrogen-bond donors (Lipinski definition) is 0. The van der Waals surface area contributed by atoms with E-state index in [9.17, 15) is 0 Å². The molecule has 21 heavy (non-hydrogen) atoms. The van der Waals surface area contributed by atoms with Crippen molar-refractivity contribution < 1.29 is 4.74 Å². The zero-order valence-corrected chi connectivity index (χ0v) is 12.1. The van der Waals surface area contributed by atoms with Gasteiger partial charge in [0.25, 0.3) is 0 Å². The number of ether oxygens (including phenoxy) is 1. The zero-order valence-electron chi connectivity index (χ0n) is 12.1. The standard InChI is InChI=1S/C18H18N2O/c1-14(2)12-20-17-11-7-6-10-16(17)19-18(20)13-21-15-8-4-3-5-9-15/h3-11H,1,12-13H2,2H3. The summed E-state index contributed by atoms with van der Waals surface area (Å²) in [4.78, 5) is 4.68. The zero-order chi connectivity index (χ0) is 14.7. The summed E-state index contributed by atoms with van der Waals surface area (Å²) in [6.45, 7) is 7.24. The van der Waals surface area contributed by atoms with E-state index in [1.165, 1.54) is 0 Å². The molecule has 106 valence electrons. The molecule has 0 aliphatic carbocycles. The molecule has 0 N–H and O–H groups in total. The minimum atomic E-state index is 0.450. The third-order valence-corrected chi connectivity index (χ3v) is 3.27. The van der Waals surface area contributed by atoms with E-state index < -0.39 is 0 Å². The minimum absolute atomic E-state index is 0.450. The van der Waals surface area contributed by atoms with Crippen molar-refractivity contribution in [3.63, 3.8) is 0 Å². The molecule has 0 bridgehead atoms. The molecule has 2 aromatic carbocycles. The highest BCUT2D eigenvalue weighted by Crippen LogP contribution is 2.19. The number of rotatable bonds is 5. The highest BCUT2D eigenvalue weighted by Gasteiger charge is 2.10. The maximum atomic E-state index is 5.83. The summed E-state index contributed by atoms with van der Waals surface area (Å²) in [5, 5.41) is 0. The van der Waals surface area contributed by atoms with E-state index in [0.717, 1.165) is 34.7 Å². The molecule has 1 aromatic heterocycles. The number of benzene rings is 2. The van der Waals surface area contributed by atoms with Gasteiger partial charge >= 0.3 is 0 Å². The number of hydrogen-bond acceptors (Lipinski definition) is 2. The third kappa shape index (κ3) is 2.97. The van der Waals surface area contributed by atoms with E-state index in [0.29, 0.717) is 6.61 Å². The van der Waals surface area contributed by atoms with E-state index >= 15 is 0 Å². The summed E-state index contributed by atoms with van der Waals surface area (Å²) in [5.74, 6) is 1.77. The van der Waals surface area contributed by atoms with Crippen LogP contribution in [0.2, 0.25) is 0 Å². The van der Waals surface area contributed by atoms with E-state index in [2.05, 4.69) is 22.2 Å². The van der Waals surface area contributed by atoms with Gasteiger partial charge < -0.3 is 9.30 Å². The van der Waals surface area contributed by atoms with Crippen LogP contribution in [-0.4, -0.2) is 9.55 Å². The molecule has 0 unspecified atom stereocenters. The van der Waals surface area contributed by atoms with Crippen molar-refractivity contribution in [2.75, 3.05) is 0 Å². The molecular weight excluding hydrogens is 260 g/mol. The molecule has 0 aliphatic rings. The van der Waals surface area contributed by atoms with Gasteiger partial charge in [0.15, 0.2) is 0 Å². The SMILES string of the molecule is C=C(C)Cn1c(COc2ccccc2)nc2ccccc21. The van der Waals surface area contributed by atoms with Crippen LogP contribution in [0.3, 0.4) is 0 Å². The third-order valence-electron chi connectivity index (χ3n) is 3.27. The van der Waals surface area contributed by atoms with Crippen LogP contribution in [0.1, 0.15) is 12.7 Å². The Labute approximate surface area is 124 Å². The Morgan fingerprint density at radius 3 is 2.57 bits per heavy atom. The summed E-state index contributed by atoms with van der Waals surface area (Å²) >= 11 is 0. The normalized spacial score (nSPS) is 10.7. The van der Waals surface area contributed by atoms with E-state index in [4.69, 9.17) is 4.74 Å². The number of imidazole rings is 1. The fraction of sp³-hybridized carbons (Fsp3) is 0.167. The minimum Gasteiger partial charge on any atom is -0.486 e. The molecule has 3 rings (SSSR count). The molecule has 0 saturated heterocycles. The highest BCUT2D eigenvalue weighted by molar-refractivity contribution is 5.76. The lowest BCUT2D eigenvalue weighted by Gasteiger charge is -2.10. The molecule has 0 amide bonds. The van der Waals surface area contributed by atoms with Crippen molar-refractivity contribution >= 4 is 11.0 Å². The second-order valence-corrected chi connectivity index (χ2v) is 5.16. The quantitative estimate of drug-likeness (QED) is 0.654. The summed E-state index contributed by atoms with van der Waals surface area (Å²) in [5.41, 5.74) is 3.21. The van der Waals surface area contributed by atoms with Gasteiger partial charge in [0.2, 0.25) is 0 Å². The van der Waals surface area contributed by atoms with Crippen LogP contribution < -0.4 is 4.74 Å². The molecule has 0 saturated carbocycles. The van der Waals surface area contributed by atoms with Crippen LogP contribution in [0.5, 0.6) is 5.75 Å². The smallest absolute Gasteiger partial charge is 0.148 e. The first-order chi connectivity index (χ1) is 10.2. The van der Waals surface area contributed by atoms with Crippen molar-refractivity contribution in [3.05, 3.63) is 72.6 Å². The van der Waals surface area contributed by atoms with Crippen molar-refractivity contribution in [1.82, 2.24) is 9.55 Å². The van der Waals surface area contributed by atoms with Gasteiger partial charge in [-0.3, -0.25) is 0 Å². The van der Waals surface area contributed by atoms with Gasteiger partial charge in [-0.05, 0) is 31.2 Å². The lowest BCUT2D eigenvalue weighted by atomic mass is 10.3. The molecule has 0 spiro atoms. The van der Waals surface area contributed by atoms with Gasteiger partial charge in [0.1, 0.15) is 18.2 Å². The Kier molecular flexibility index (Phi) is 3.73. The average molecular weight is 278 g/mol. The number of nitrogens with zero attached hydrogens (tertiary/aromatic N) is 2. The highest BCUT2D eigenvalue weighted by atomic mass is 16.5. The van der Waals surface area contributed by atoms with Gasteiger partial charge in [-0.2, -0.15) is 0 Å². The molecule has 0 aliphatic heterocycles. The first-order valence-corrected chi connectivity index (χ1v) is 7.00. The van der Waals surface area contributed by atoms with Crippen LogP contribution in [0.25, 0.3) is 11.0 Å². The van der Waals surface area contributed by atoms with Crippen molar-refractivity contribution in [2.45, 2.75) is 20.1 Å². The van der Waals surface area contributed by atoms with Crippen molar-refractivity contribution in [3.8, 4) is 5.75 Å². The van der Waals surface area contributed by atoms with E-state index in [-0.39, 0.29) is 0 Å². The fourth-order valence-corrected chi connectivity index (χ4v) is 2.35. The average Bonchev–Trinajstić information content (AvgIpc) is 2.84. The lowest BCUT2D eigenvalue weighted by molar-refractivity contribution is 0.291. The van der Waals surface area contributed by atoms with Crippen LogP contribution >= 0.6 is 0 Å². The Hall–Kier alpha value is -2.55. The predicted molar refractivity (Wildman–Crippen MR) is 85.3 cm³/mol. The van der Waals surface area contributed by atoms with Crippen molar-refractivity contribution in [2.24, 2.45) is 0 Å². The molecule has 3 aromatic rings. The second-order valence-electron chi connectivity index (χ2n) is 5.16. The summed E-state index contributed by atoms with van der Waals surface area (Å²) in [6, 6.07) is 17.9. The van der Waals surface area contributed by atoms with E-state index in [1.807, 2.05) is 55.5 Å². The molecule has 3 nitrogen and oxygen atoms in total. The van der Waals surface area contributed by atoms with Gasteiger partial charge in [-0.25, -0.2) is 4.98 Å². The summed E-state index contributed by atoms with van der Waals surface area (Å²) in [7, 11) is 0.